The Labute approximate surface area is 87.9 Å². The normalized spacial score (nSPS) is 10.1. The lowest BCUT2D eigenvalue weighted by molar-refractivity contribution is 0.796. The van der Waals surface area contributed by atoms with Gasteiger partial charge in [-0.1, -0.05) is 24.3 Å². The zero-order valence-corrected chi connectivity index (χ0v) is 8.22. The van der Waals surface area contributed by atoms with Gasteiger partial charge in [-0.25, -0.2) is 4.98 Å². The van der Waals surface area contributed by atoms with E-state index in [1.165, 1.54) is 0 Å². The van der Waals surface area contributed by atoms with Gasteiger partial charge in [0.1, 0.15) is 5.84 Å². The van der Waals surface area contributed by atoms with Gasteiger partial charge in [-0.15, -0.1) is 0 Å². The lowest BCUT2D eigenvalue weighted by Crippen LogP contribution is -2.14. The first-order chi connectivity index (χ1) is 7.27. The van der Waals surface area contributed by atoms with Gasteiger partial charge in [0.25, 0.3) is 0 Å². The molecule has 0 amide bonds. The van der Waals surface area contributed by atoms with Crippen LogP contribution in [0.25, 0.3) is 0 Å². The molecule has 0 saturated carbocycles. The van der Waals surface area contributed by atoms with E-state index in [4.69, 9.17) is 11.1 Å². The molecule has 0 atom stereocenters. The van der Waals surface area contributed by atoms with Crippen molar-refractivity contribution in [3.8, 4) is 0 Å². The van der Waals surface area contributed by atoms with Gasteiger partial charge in [0.15, 0.2) is 0 Å². The molecular weight excluding hydrogens is 188 g/mol. The third-order valence-corrected chi connectivity index (χ3v) is 2.22. The molecule has 2 rings (SSSR count). The van der Waals surface area contributed by atoms with Crippen LogP contribution >= 0.6 is 0 Å². The fraction of sp³-hybridized carbons (Fsp3) is 0.0909. The van der Waals surface area contributed by atoms with Crippen molar-refractivity contribution in [2.75, 3.05) is 0 Å². The molecule has 4 nitrogen and oxygen atoms in total. The predicted molar refractivity (Wildman–Crippen MR) is 58.8 cm³/mol. The zero-order valence-electron chi connectivity index (χ0n) is 8.22. The van der Waals surface area contributed by atoms with E-state index in [0.29, 0.717) is 6.54 Å². The second-order valence-corrected chi connectivity index (χ2v) is 3.31. The summed E-state index contributed by atoms with van der Waals surface area (Å²) in [5.74, 6) is 0.103. The summed E-state index contributed by atoms with van der Waals surface area (Å²) in [7, 11) is 0. The molecule has 4 heteroatoms. The van der Waals surface area contributed by atoms with Crippen molar-refractivity contribution >= 4 is 5.84 Å². The average Bonchev–Trinajstić information content (AvgIpc) is 2.71. The van der Waals surface area contributed by atoms with Crippen LogP contribution in [0.5, 0.6) is 0 Å². The summed E-state index contributed by atoms with van der Waals surface area (Å²) < 4.78 is 1.95. The number of hydrogen-bond acceptors (Lipinski definition) is 2. The van der Waals surface area contributed by atoms with Crippen molar-refractivity contribution in [1.29, 1.82) is 5.41 Å². The van der Waals surface area contributed by atoms with Gasteiger partial charge in [0.05, 0.1) is 6.33 Å². The summed E-state index contributed by atoms with van der Waals surface area (Å²) in [5, 5.41) is 7.46. The van der Waals surface area contributed by atoms with Crippen molar-refractivity contribution in [2.45, 2.75) is 6.54 Å². The molecule has 0 aliphatic rings. The standard InChI is InChI=1S/C11H12N4/c12-11(13)10-4-2-1-3-9(10)7-15-6-5-14-8-15/h1-6,8H,7H2,(H3,12,13). The summed E-state index contributed by atoms with van der Waals surface area (Å²) in [4.78, 5) is 3.97. The first-order valence-corrected chi connectivity index (χ1v) is 4.65. The maximum Gasteiger partial charge on any atom is 0.123 e. The highest BCUT2D eigenvalue weighted by atomic mass is 15.0. The second-order valence-electron chi connectivity index (χ2n) is 3.31. The van der Waals surface area contributed by atoms with Crippen LogP contribution in [-0.2, 0) is 6.54 Å². The fourth-order valence-electron chi connectivity index (χ4n) is 1.50. The molecule has 3 N–H and O–H groups in total. The number of nitrogens with two attached hydrogens (primary N) is 1. The van der Waals surface area contributed by atoms with Crippen LogP contribution in [0.4, 0.5) is 0 Å². The number of aromatic nitrogens is 2. The van der Waals surface area contributed by atoms with Crippen LogP contribution in [0, 0.1) is 5.41 Å². The smallest absolute Gasteiger partial charge is 0.123 e. The molecule has 0 aliphatic carbocycles. The van der Waals surface area contributed by atoms with E-state index < -0.39 is 0 Å². The molecule has 76 valence electrons. The summed E-state index contributed by atoms with van der Waals surface area (Å²) in [6.07, 6.45) is 5.37. The number of imidazole rings is 1. The molecule has 0 unspecified atom stereocenters. The van der Waals surface area contributed by atoms with E-state index in [2.05, 4.69) is 4.98 Å². The Morgan fingerprint density at radius 2 is 2.20 bits per heavy atom. The number of nitrogen functional groups attached to an aromatic ring is 1. The number of nitrogens with zero attached hydrogens (tertiary/aromatic N) is 2. The maximum atomic E-state index is 7.46. The lowest BCUT2D eigenvalue weighted by Gasteiger charge is -2.08. The number of hydrogen-bond donors (Lipinski definition) is 2. The number of nitrogens with one attached hydrogen (secondary N) is 1. The minimum absolute atomic E-state index is 0.103. The molecular formula is C11H12N4. The molecule has 1 heterocycles. The first-order valence-electron chi connectivity index (χ1n) is 4.65. The molecule has 15 heavy (non-hydrogen) atoms. The van der Waals surface area contributed by atoms with E-state index in [9.17, 15) is 0 Å². The Hall–Kier alpha value is -2.10. The summed E-state index contributed by atoms with van der Waals surface area (Å²) >= 11 is 0. The molecule has 0 spiro atoms. The van der Waals surface area contributed by atoms with Gasteiger partial charge >= 0.3 is 0 Å². The van der Waals surface area contributed by atoms with Crippen LogP contribution in [-0.4, -0.2) is 15.4 Å². The lowest BCUT2D eigenvalue weighted by atomic mass is 10.1. The van der Waals surface area contributed by atoms with E-state index >= 15 is 0 Å². The Morgan fingerprint density at radius 3 is 2.87 bits per heavy atom. The van der Waals surface area contributed by atoms with Crippen molar-refractivity contribution < 1.29 is 0 Å². The molecule has 2 aromatic rings. The molecule has 0 aliphatic heterocycles. The van der Waals surface area contributed by atoms with Gasteiger partial charge in [-0.3, -0.25) is 5.41 Å². The quantitative estimate of drug-likeness (QED) is 0.577. The molecule has 1 aromatic heterocycles. The number of benzene rings is 1. The van der Waals surface area contributed by atoms with Crippen molar-refractivity contribution in [2.24, 2.45) is 5.73 Å². The van der Waals surface area contributed by atoms with Gasteiger partial charge in [0, 0.05) is 24.5 Å². The predicted octanol–water partition coefficient (Wildman–Crippen LogP) is 1.22. The highest BCUT2D eigenvalue weighted by Crippen LogP contribution is 2.09. The van der Waals surface area contributed by atoms with E-state index in [1.54, 1.807) is 12.5 Å². The average molecular weight is 200 g/mol. The van der Waals surface area contributed by atoms with Crippen LogP contribution in [0.2, 0.25) is 0 Å². The molecule has 1 aromatic carbocycles. The van der Waals surface area contributed by atoms with Crippen LogP contribution < -0.4 is 5.73 Å². The Bertz CT molecular complexity index is 459. The van der Waals surface area contributed by atoms with Crippen molar-refractivity contribution in [3.63, 3.8) is 0 Å². The van der Waals surface area contributed by atoms with Crippen molar-refractivity contribution in [1.82, 2.24) is 9.55 Å². The first kappa shape index (κ1) is 9.45. The largest absolute Gasteiger partial charge is 0.384 e. The summed E-state index contributed by atoms with van der Waals surface area (Å²) in [6.45, 7) is 0.690. The SMILES string of the molecule is N=C(N)c1ccccc1Cn1ccnc1. The third-order valence-electron chi connectivity index (χ3n) is 2.22. The van der Waals surface area contributed by atoms with E-state index in [1.807, 2.05) is 35.0 Å². The van der Waals surface area contributed by atoms with Gasteiger partial charge < -0.3 is 10.3 Å². The van der Waals surface area contributed by atoms with Gasteiger partial charge in [-0.05, 0) is 5.56 Å². The Kier molecular flexibility index (Phi) is 2.49. The minimum Gasteiger partial charge on any atom is -0.384 e. The van der Waals surface area contributed by atoms with Crippen LogP contribution in [0.3, 0.4) is 0 Å². The number of amidine groups is 1. The molecule has 0 saturated heterocycles. The Morgan fingerprint density at radius 1 is 1.40 bits per heavy atom. The summed E-state index contributed by atoms with van der Waals surface area (Å²) in [5.41, 5.74) is 7.32. The fourth-order valence-corrected chi connectivity index (χ4v) is 1.50. The topological polar surface area (TPSA) is 67.7 Å². The van der Waals surface area contributed by atoms with Crippen LogP contribution in [0.15, 0.2) is 43.0 Å². The second kappa shape index (κ2) is 3.96. The molecule has 0 bridgehead atoms. The van der Waals surface area contributed by atoms with Gasteiger partial charge in [-0.2, -0.15) is 0 Å². The molecule has 0 radical (unpaired) electrons. The Balaban J connectivity index is 2.32. The third kappa shape index (κ3) is 2.04. The van der Waals surface area contributed by atoms with E-state index in [-0.39, 0.29) is 5.84 Å². The zero-order chi connectivity index (χ0) is 10.7. The summed E-state index contributed by atoms with van der Waals surface area (Å²) in [6, 6.07) is 7.65. The highest BCUT2D eigenvalue weighted by Gasteiger charge is 2.04. The maximum absolute atomic E-state index is 7.46. The van der Waals surface area contributed by atoms with E-state index in [0.717, 1.165) is 11.1 Å². The monoisotopic (exact) mass is 200 g/mol. The van der Waals surface area contributed by atoms with Crippen molar-refractivity contribution in [3.05, 3.63) is 54.1 Å². The number of rotatable bonds is 3. The van der Waals surface area contributed by atoms with Gasteiger partial charge in [0.2, 0.25) is 0 Å². The highest BCUT2D eigenvalue weighted by molar-refractivity contribution is 5.96. The van der Waals surface area contributed by atoms with Crippen LogP contribution in [0.1, 0.15) is 11.1 Å². The molecule has 0 fully saturated rings. The minimum atomic E-state index is 0.103.